The zero-order valence-corrected chi connectivity index (χ0v) is 14.4. The minimum atomic E-state index is -0.397. The molecule has 0 saturated carbocycles. The lowest BCUT2D eigenvalue weighted by atomic mass is 10.1. The Kier molecular flexibility index (Phi) is 9.99. The maximum Gasteiger partial charge on any atom is 0.221 e. The Bertz CT molecular complexity index is 523. The van der Waals surface area contributed by atoms with Gasteiger partial charge >= 0.3 is 0 Å². The van der Waals surface area contributed by atoms with E-state index in [-0.39, 0.29) is 6.42 Å². The highest BCUT2D eigenvalue weighted by Crippen LogP contribution is 2.22. The van der Waals surface area contributed by atoms with E-state index < -0.39 is 5.91 Å². The molecule has 1 aromatic carbocycles. The third-order valence-electron chi connectivity index (χ3n) is 3.62. The number of terminal acetylenes is 1. The molecule has 1 aromatic rings. The van der Waals surface area contributed by atoms with Gasteiger partial charge in [-0.3, -0.25) is 4.79 Å². The fourth-order valence-electron chi connectivity index (χ4n) is 2.37. The SMILES string of the molecule is C#CCCCCCCCCCOc1ccc(Cl)c(CC(N)=O)c1. The first-order chi connectivity index (χ1) is 11.1. The third kappa shape index (κ3) is 9.15. The molecule has 0 bridgehead atoms. The molecule has 0 radical (unpaired) electrons. The van der Waals surface area contributed by atoms with Gasteiger partial charge in [-0.2, -0.15) is 0 Å². The molecule has 3 nitrogen and oxygen atoms in total. The number of amides is 1. The van der Waals surface area contributed by atoms with E-state index in [0.717, 1.165) is 31.4 Å². The maximum absolute atomic E-state index is 11.0. The number of carbonyl (C=O) groups excluding carboxylic acids is 1. The lowest BCUT2D eigenvalue weighted by molar-refractivity contribution is -0.117. The van der Waals surface area contributed by atoms with E-state index in [1.807, 2.05) is 6.07 Å². The highest BCUT2D eigenvalue weighted by molar-refractivity contribution is 6.31. The zero-order valence-electron chi connectivity index (χ0n) is 13.7. The Morgan fingerprint density at radius 2 is 1.78 bits per heavy atom. The van der Waals surface area contributed by atoms with Crippen molar-refractivity contribution in [2.24, 2.45) is 5.73 Å². The predicted octanol–water partition coefficient (Wildman–Crippen LogP) is 4.50. The average Bonchev–Trinajstić information content (AvgIpc) is 2.51. The van der Waals surface area contributed by atoms with Crippen LogP contribution < -0.4 is 10.5 Å². The summed E-state index contributed by atoms with van der Waals surface area (Å²) in [7, 11) is 0. The van der Waals surface area contributed by atoms with Crippen LogP contribution in [-0.4, -0.2) is 12.5 Å². The molecule has 0 atom stereocenters. The highest BCUT2D eigenvalue weighted by atomic mass is 35.5. The molecule has 126 valence electrons. The Balaban J connectivity index is 2.14. The molecule has 2 N–H and O–H groups in total. The van der Waals surface area contributed by atoms with Crippen molar-refractivity contribution in [3.05, 3.63) is 28.8 Å². The summed E-state index contributed by atoms with van der Waals surface area (Å²) < 4.78 is 5.71. The first-order valence-corrected chi connectivity index (χ1v) is 8.64. The first-order valence-electron chi connectivity index (χ1n) is 8.26. The van der Waals surface area contributed by atoms with Gasteiger partial charge in [0.15, 0.2) is 0 Å². The molecule has 1 amide bonds. The van der Waals surface area contributed by atoms with E-state index in [0.29, 0.717) is 17.2 Å². The second kappa shape index (κ2) is 11.8. The predicted molar refractivity (Wildman–Crippen MR) is 95.6 cm³/mol. The van der Waals surface area contributed by atoms with Crippen LogP contribution in [0.5, 0.6) is 5.75 Å². The van der Waals surface area contributed by atoms with E-state index in [4.69, 9.17) is 28.5 Å². The maximum atomic E-state index is 11.0. The number of rotatable bonds is 12. The summed E-state index contributed by atoms with van der Waals surface area (Å²) in [4.78, 5) is 11.0. The summed E-state index contributed by atoms with van der Waals surface area (Å²) in [6.07, 6.45) is 14.6. The van der Waals surface area contributed by atoms with Crippen LogP contribution in [0, 0.1) is 12.3 Å². The van der Waals surface area contributed by atoms with Crippen molar-refractivity contribution in [2.75, 3.05) is 6.61 Å². The van der Waals surface area contributed by atoms with Crippen molar-refractivity contribution in [2.45, 2.75) is 57.8 Å². The fraction of sp³-hybridized carbons (Fsp3) is 0.526. The van der Waals surface area contributed by atoms with Crippen molar-refractivity contribution in [1.82, 2.24) is 0 Å². The van der Waals surface area contributed by atoms with Gasteiger partial charge in [0.25, 0.3) is 0 Å². The van der Waals surface area contributed by atoms with Crippen LogP contribution in [-0.2, 0) is 11.2 Å². The van der Waals surface area contributed by atoms with Crippen LogP contribution in [0.15, 0.2) is 18.2 Å². The highest BCUT2D eigenvalue weighted by Gasteiger charge is 2.06. The number of ether oxygens (including phenoxy) is 1. The normalized spacial score (nSPS) is 10.3. The second-order valence-corrected chi connectivity index (χ2v) is 6.08. The van der Waals surface area contributed by atoms with Gasteiger partial charge in [-0.1, -0.05) is 43.7 Å². The van der Waals surface area contributed by atoms with Gasteiger partial charge in [-0.05, 0) is 36.6 Å². The van der Waals surface area contributed by atoms with E-state index in [1.54, 1.807) is 12.1 Å². The Hall–Kier alpha value is -1.66. The summed E-state index contributed by atoms with van der Waals surface area (Å²) in [6, 6.07) is 5.35. The molecule has 23 heavy (non-hydrogen) atoms. The number of carbonyl (C=O) groups is 1. The van der Waals surface area contributed by atoms with Crippen LogP contribution in [0.1, 0.15) is 56.9 Å². The van der Waals surface area contributed by atoms with Crippen LogP contribution >= 0.6 is 11.6 Å². The molecule has 1 rings (SSSR count). The largest absolute Gasteiger partial charge is 0.494 e. The third-order valence-corrected chi connectivity index (χ3v) is 3.98. The standard InChI is InChI=1S/C19H26ClNO2/c1-2-3-4-5-6-7-8-9-10-13-23-17-11-12-18(20)16(14-17)15-19(21)22/h1,11-12,14H,3-10,13,15H2,(H2,21,22). The van der Waals surface area contributed by atoms with Crippen molar-refractivity contribution in [1.29, 1.82) is 0 Å². The first kappa shape index (κ1) is 19.4. The minimum Gasteiger partial charge on any atom is -0.494 e. The molecule has 0 unspecified atom stereocenters. The molecule has 0 aliphatic heterocycles. The molecule has 0 spiro atoms. The molecule has 0 fully saturated rings. The lowest BCUT2D eigenvalue weighted by Crippen LogP contribution is -2.14. The van der Waals surface area contributed by atoms with Crippen molar-refractivity contribution in [3.8, 4) is 18.1 Å². The van der Waals surface area contributed by atoms with Gasteiger partial charge in [0, 0.05) is 11.4 Å². The average molecular weight is 336 g/mol. The molecular weight excluding hydrogens is 310 g/mol. The van der Waals surface area contributed by atoms with Crippen LogP contribution in [0.4, 0.5) is 0 Å². The smallest absolute Gasteiger partial charge is 0.221 e. The topological polar surface area (TPSA) is 52.3 Å². The number of benzene rings is 1. The molecule has 0 aromatic heterocycles. The van der Waals surface area contributed by atoms with E-state index in [2.05, 4.69) is 5.92 Å². The Labute approximate surface area is 144 Å². The van der Waals surface area contributed by atoms with Crippen molar-refractivity contribution < 1.29 is 9.53 Å². The van der Waals surface area contributed by atoms with Gasteiger partial charge in [-0.25, -0.2) is 0 Å². The summed E-state index contributed by atoms with van der Waals surface area (Å²) in [5, 5.41) is 0.543. The molecule has 0 heterocycles. The van der Waals surface area contributed by atoms with Gasteiger partial charge in [-0.15, -0.1) is 12.3 Å². The summed E-state index contributed by atoms with van der Waals surface area (Å²) in [5.41, 5.74) is 5.91. The number of nitrogens with two attached hydrogens (primary N) is 1. The van der Waals surface area contributed by atoms with Gasteiger partial charge < -0.3 is 10.5 Å². The number of hydrogen-bond acceptors (Lipinski definition) is 2. The number of primary amides is 1. The molecule has 4 heteroatoms. The Morgan fingerprint density at radius 1 is 1.13 bits per heavy atom. The summed E-state index contributed by atoms with van der Waals surface area (Å²) >= 11 is 6.03. The second-order valence-electron chi connectivity index (χ2n) is 5.67. The Morgan fingerprint density at radius 3 is 2.43 bits per heavy atom. The van der Waals surface area contributed by atoms with E-state index in [9.17, 15) is 4.79 Å². The van der Waals surface area contributed by atoms with Crippen LogP contribution in [0.25, 0.3) is 0 Å². The van der Waals surface area contributed by atoms with Crippen LogP contribution in [0.2, 0.25) is 5.02 Å². The molecule has 0 aliphatic rings. The van der Waals surface area contributed by atoms with Crippen molar-refractivity contribution in [3.63, 3.8) is 0 Å². The molecular formula is C19H26ClNO2. The fourth-order valence-corrected chi connectivity index (χ4v) is 2.55. The summed E-state index contributed by atoms with van der Waals surface area (Å²) in [6.45, 7) is 0.675. The zero-order chi connectivity index (χ0) is 16.9. The van der Waals surface area contributed by atoms with Gasteiger partial charge in [0.2, 0.25) is 5.91 Å². The minimum absolute atomic E-state index is 0.135. The van der Waals surface area contributed by atoms with E-state index in [1.165, 1.54) is 25.7 Å². The number of hydrogen-bond donors (Lipinski definition) is 1. The van der Waals surface area contributed by atoms with Crippen molar-refractivity contribution >= 4 is 17.5 Å². The van der Waals surface area contributed by atoms with E-state index >= 15 is 0 Å². The summed E-state index contributed by atoms with van der Waals surface area (Å²) in [5.74, 6) is 3.01. The molecule has 0 aliphatic carbocycles. The number of unbranched alkanes of at least 4 members (excludes halogenated alkanes) is 7. The van der Waals surface area contributed by atoms with Gasteiger partial charge in [0.1, 0.15) is 5.75 Å². The van der Waals surface area contributed by atoms with Gasteiger partial charge in [0.05, 0.1) is 13.0 Å². The quantitative estimate of drug-likeness (QED) is 0.451. The monoisotopic (exact) mass is 335 g/mol. The lowest BCUT2D eigenvalue weighted by Gasteiger charge is -2.09. The number of halogens is 1. The molecule has 0 saturated heterocycles. The van der Waals surface area contributed by atoms with Crippen LogP contribution in [0.3, 0.4) is 0 Å².